The summed E-state index contributed by atoms with van der Waals surface area (Å²) in [6.07, 6.45) is 2.36. The number of amides is 1. The molecule has 1 N–H and O–H groups in total. The lowest BCUT2D eigenvalue weighted by Gasteiger charge is -2.32. The largest absolute Gasteiger partial charge is 0.356 e. The number of rotatable bonds is 4. The molecule has 1 aliphatic heterocycles. The minimum Gasteiger partial charge on any atom is -0.356 e. The molecular formula is C19H23FN4O. The molecular weight excluding hydrogens is 319 g/mol. The molecule has 0 radical (unpaired) electrons. The third-order valence-corrected chi connectivity index (χ3v) is 4.40. The summed E-state index contributed by atoms with van der Waals surface area (Å²) in [7, 11) is 0. The Labute approximate surface area is 147 Å². The van der Waals surface area contributed by atoms with E-state index in [1.165, 1.54) is 18.6 Å². The van der Waals surface area contributed by atoms with Crippen LogP contribution in [-0.2, 0) is 6.54 Å². The van der Waals surface area contributed by atoms with Crippen LogP contribution < -0.4 is 10.2 Å². The van der Waals surface area contributed by atoms with Crippen LogP contribution in [0, 0.1) is 18.7 Å². The summed E-state index contributed by atoms with van der Waals surface area (Å²) < 4.78 is 12.9. The van der Waals surface area contributed by atoms with Gasteiger partial charge in [-0.05, 0) is 43.4 Å². The predicted molar refractivity (Wildman–Crippen MR) is 95.0 cm³/mol. The summed E-state index contributed by atoms with van der Waals surface area (Å²) in [5.41, 5.74) is 1.20. The maximum Gasteiger partial charge on any atom is 0.270 e. The van der Waals surface area contributed by atoms with Gasteiger partial charge in [0, 0.05) is 25.7 Å². The second-order valence-corrected chi connectivity index (χ2v) is 6.66. The maximum absolute atomic E-state index is 12.9. The zero-order valence-corrected chi connectivity index (χ0v) is 14.6. The summed E-state index contributed by atoms with van der Waals surface area (Å²) in [4.78, 5) is 23.4. The summed E-state index contributed by atoms with van der Waals surface area (Å²) in [5.74, 6) is 1.48. The number of benzene rings is 1. The first-order valence-corrected chi connectivity index (χ1v) is 8.64. The molecule has 1 aromatic heterocycles. The van der Waals surface area contributed by atoms with Crippen LogP contribution in [0.2, 0.25) is 0 Å². The Morgan fingerprint density at radius 2 is 2.08 bits per heavy atom. The van der Waals surface area contributed by atoms with Crippen LogP contribution in [0.3, 0.4) is 0 Å². The molecule has 1 unspecified atom stereocenters. The lowest BCUT2D eigenvalue weighted by Crippen LogP contribution is -2.35. The van der Waals surface area contributed by atoms with E-state index in [-0.39, 0.29) is 11.7 Å². The molecule has 0 aliphatic carbocycles. The van der Waals surface area contributed by atoms with Crippen LogP contribution in [0.15, 0.2) is 30.3 Å². The van der Waals surface area contributed by atoms with Crippen molar-refractivity contribution in [2.45, 2.75) is 33.2 Å². The van der Waals surface area contributed by atoms with Gasteiger partial charge < -0.3 is 10.2 Å². The fraction of sp³-hybridized carbons (Fsp3) is 0.421. The Hall–Kier alpha value is -2.50. The van der Waals surface area contributed by atoms with Crippen molar-refractivity contribution < 1.29 is 9.18 Å². The number of aromatic nitrogens is 2. The van der Waals surface area contributed by atoms with Gasteiger partial charge in [0.15, 0.2) is 0 Å². The number of piperidine rings is 1. The lowest BCUT2D eigenvalue weighted by molar-refractivity contribution is 0.0945. The van der Waals surface area contributed by atoms with E-state index in [0.717, 1.165) is 30.9 Å². The molecule has 132 valence electrons. The highest BCUT2D eigenvalue weighted by Gasteiger charge is 2.20. The summed E-state index contributed by atoms with van der Waals surface area (Å²) in [6.45, 7) is 6.27. The SMILES string of the molecule is Cc1nc(C(=O)NCc2ccc(F)cc2)cc(N2CCCC(C)C2)n1. The number of halogens is 1. The molecule has 1 fully saturated rings. The summed E-state index contributed by atoms with van der Waals surface area (Å²) >= 11 is 0. The molecule has 1 aliphatic rings. The van der Waals surface area contributed by atoms with Gasteiger partial charge in [-0.2, -0.15) is 0 Å². The average molecular weight is 342 g/mol. The molecule has 5 nitrogen and oxygen atoms in total. The molecule has 2 aromatic rings. The Balaban J connectivity index is 1.70. The number of anilines is 1. The van der Waals surface area contributed by atoms with Gasteiger partial charge in [-0.15, -0.1) is 0 Å². The van der Waals surface area contributed by atoms with Gasteiger partial charge in [0.2, 0.25) is 0 Å². The fourth-order valence-corrected chi connectivity index (χ4v) is 3.10. The normalized spacial score (nSPS) is 17.4. The zero-order valence-electron chi connectivity index (χ0n) is 14.6. The van der Waals surface area contributed by atoms with Crippen LogP contribution in [-0.4, -0.2) is 29.0 Å². The van der Waals surface area contributed by atoms with E-state index in [1.807, 2.05) is 0 Å². The van der Waals surface area contributed by atoms with Crippen LogP contribution in [0.25, 0.3) is 0 Å². The molecule has 1 aromatic carbocycles. The van der Waals surface area contributed by atoms with E-state index in [0.29, 0.717) is 24.0 Å². The highest BCUT2D eigenvalue weighted by molar-refractivity contribution is 5.92. The molecule has 1 saturated heterocycles. The van der Waals surface area contributed by atoms with Crippen molar-refractivity contribution in [2.24, 2.45) is 5.92 Å². The summed E-state index contributed by atoms with van der Waals surface area (Å²) in [6, 6.07) is 7.83. The highest BCUT2D eigenvalue weighted by atomic mass is 19.1. The number of aryl methyl sites for hydroxylation is 1. The lowest BCUT2D eigenvalue weighted by atomic mass is 10.0. The number of nitrogens with zero attached hydrogens (tertiary/aromatic N) is 3. The molecule has 25 heavy (non-hydrogen) atoms. The quantitative estimate of drug-likeness (QED) is 0.928. The van der Waals surface area contributed by atoms with Gasteiger partial charge in [0.25, 0.3) is 5.91 Å². The standard InChI is InChI=1S/C19H23FN4O/c1-13-4-3-9-24(12-13)18-10-17(22-14(2)23-18)19(25)21-11-15-5-7-16(20)8-6-15/h5-8,10,13H,3-4,9,11-12H2,1-2H3,(H,21,25). The third-order valence-electron chi connectivity index (χ3n) is 4.40. The highest BCUT2D eigenvalue weighted by Crippen LogP contribution is 2.21. The van der Waals surface area contributed by atoms with Gasteiger partial charge in [0.05, 0.1) is 0 Å². The van der Waals surface area contributed by atoms with Crippen molar-refractivity contribution in [1.82, 2.24) is 15.3 Å². The molecule has 0 spiro atoms. The van der Waals surface area contributed by atoms with E-state index in [4.69, 9.17) is 0 Å². The maximum atomic E-state index is 12.9. The predicted octanol–water partition coefficient (Wildman–Crippen LogP) is 3.09. The van der Waals surface area contributed by atoms with E-state index in [9.17, 15) is 9.18 Å². The molecule has 0 bridgehead atoms. The number of carbonyl (C=O) groups is 1. The number of nitrogens with one attached hydrogen (secondary N) is 1. The molecule has 3 rings (SSSR count). The Bertz CT molecular complexity index is 748. The van der Waals surface area contributed by atoms with E-state index < -0.39 is 0 Å². The fourth-order valence-electron chi connectivity index (χ4n) is 3.10. The monoisotopic (exact) mass is 342 g/mol. The summed E-state index contributed by atoms with van der Waals surface area (Å²) in [5, 5.41) is 2.83. The minimum atomic E-state index is -0.290. The third kappa shape index (κ3) is 4.53. The Morgan fingerprint density at radius 1 is 1.32 bits per heavy atom. The minimum absolute atomic E-state index is 0.249. The van der Waals surface area contributed by atoms with Crippen molar-refractivity contribution in [3.8, 4) is 0 Å². The topological polar surface area (TPSA) is 58.1 Å². The van der Waals surface area contributed by atoms with Gasteiger partial charge in [0.1, 0.15) is 23.2 Å². The first-order chi connectivity index (χ1) is 12.0. The van der Waals surface area contributed by atoms with Gasteiger partial charge in [-0.25, -0.2) is 14.4 Å². The molecule has 1 atom stereocenters. The van der Waals surface area contributed by atoms with Crippen LogP contribution in [0.5, 0.6) is 0 Å². The van der Waals surface area contributed by atoms with Gasteiger partial charge in [-0.1, -0.05) is 19.1 Å². The van der Waals surface area contributed by atoms with Crippen LogP contribution in [0.1, 0.15) is 41.6 Å². The van der Waals surface area contributed by atoms with Crippen molar-refractivity contribution in [3.63, 3.8) is 0 Å². The van der Waals surface area contributed by atoms with E-state index in [2.05, 4.69) is 27.1 Å². The van der Waals surface area contributed by atoms with Gasteiger partial charge in [-0.3, -0.25) is 4.79 Å². The first kappa shape index (κ1) is 17.3. The average Bonchev–Trinajstić information content (AvgIpc) is 2.60. The van der Waals surface area contributed by atoms with E-state index in [1.54, 1.807) is 25.1 Å². The molecule has 1 amide bonds. The smallest absolute Gasteiger partial charge is 0.270 e. The van der Waals surface area contributed by atoms with Crippen LogP contribution >= 0.6 is 0 Å². The van der Waals surface area contributed by atoms with Crippen molar-refractivity contribution in [1.29, 1.82) is 0 Å². The van der Waals surface area contributed by atoms with Crippen molar-refractivity contribution in [3.05, 3.63) is 53.2 Å². The molecule has 0 saturated carbocycles. The van der Waals surface area contributed by atoms with Crippen LogP contribution in [0.4, 0.5) is 10.2 Å². The molecule has 6 heteroatoms. The number of hydrogen-bond acceptors (Lipinski definition) is 4. The first-order valence-electron chi connectivity index (χ1n) is 8.64. The number of carbonyl (C=O) groups excluding carboxylic acids is 1. The second-order valence-electron chi connectivity index (χ2n) is 6.66. The Kier molecular flexibility index (Phi) is 5.26. The van der Waals surface area contributed by atoms with Gasteiger partial charge >= 0.3 is 0 Å². The van der Waals surface area contributed by atoms with Crippen molar-refractivity contribution >= 4 is 11.7 Å². The second kappa shape index (κ2) is 7.59. The Morgan fingerprint density at radius 3 is 2.80 bits per heavy atom. The van der Waals surface area contributed by atoms with E-state index >= 15 is 0 Å². The number of hydrogen-bond donors (Lipinski definition) is 1. The van der Waals surface area contributed by atoms with Crippen molar-refractivity contribution in [2.75, 3.05) is 18.0 Å². The molecule has 2 heterocycles. The zero-order chi connectivity index (χ0) is 17.8.